The van der Waals surface area contributed by atoms with Crippen molar-refractivity contribution in [1.29, 1.82) is 0 Å². The molecule has 2 heterocycles. The minimum Gasteiger partial charge on any atom is -0.495 e. The summed E-state index contributed by atoms with van der Waals surface area (Å²) >= 11 is 12.1. The summed E-state index contributed by atoms with van der Waals surface area (Å²) in [5.41, 5.74) is 3.40. The van der Waals surface area contributed by atoms with Gasteiger partial charge < -0.3 is 10.1 Å². The van der Waals surface area contributed by atoms with E-state index in [0.29, 0.717) is 46.3 Å². The fourth-order valence-corrected chi connectivity index (χ4v) is 5.68. The Labute approximate surface area is 264 Å². The Morgan fingerprint density at radius 1 is 1.00 bits per heavy atom. The Balaban J connectivity index is 1.29. The molecule has 0 bridgehead atoms. The number of hydrogen-bond acceptors (Lipinski definition) is 9. The third kappa shape index (κ3) is 7.28. The number of aromatic nitrogens is 4. The van der Waals surface area contributed by atoms with Crippen molar-refractivity contribution in [2.24, 2.45) is 0 Å². The zero-order valence-corrected chi connectivity index (χ0v) is 26.2. The second kappa shape index (κ2) is 13.6. The second-order valence-electron chi connectivity index (χ2n) is 9.67. The van der Waals surface area contributed by atoms with Crippen LogP contribution in [0, 0.1) is 0 Å². The highest BCUT2D eigenvalue weighted by molar-refractivity contribution is 7.91. The number of carbonyl (C=O) groups is 1. The molecule has 0 fully saturated rings. The first-order chi connectivity index (χ1) is 21.2. The molecule has 0 radical (unpaired) electrons. The van der Waals surface area contributed by atoms with E-state index in [0.717, 1.165) is 16.6 Å². The van der Waals surface area contributed by atoms with Crippen molar-refractivity contribution >= 4 is 67.6 Å². The lowest BCUT2D eigenvalue weighted by molar-refractivity contribution is -0.115. The van der Waals surface area contributed by atoms with Crippen molar-refractivity contribution in [2.45, 2.75) is 31.5 Å². The molecule has 14 heteroatoms. The normalized spacial score (nSPS) is 11.5. The molecule has 3 aromatic carbocycles. The largest absolute Gasteiger partial charge is 0.495 e. The Hall–Kier alpha value is -4.23. The second-order valence-corrected chi connectivity index (χ2v) is 12.8. The third-order valence-electron chi connectivity index (χ3n) is 6.70. The van der Waals surface area contributed by atoms with Crippen LogP contribution in [0.3, 0.4) is 0 Å². The maximum Gasteiger partial charge on any atom is 0.231 e. The molecule has 0 aliphatic carbocycles. The van der Waals surface area contributed by atoms with E-state index in [2.05, 4.69) is 30.9 Å². The zero-order valence-electron chi connectivity index (χ0n) is 23.8. The molecule has 0 aliphatic heterocycles. The minimum absolute atomic E-state index is 0.0226. The summed E-state index contributed by atoms with van der Waals surface area (Å²) in [4.78, 5) is 26.5. The first-order valence-electron chi connectivity index (χ1n) is 13.6. The summed E-state index contributed by atoms with van der Waals surface area (Å²) in [5, 5.41) is 10.1. The number of amides is 1. The van der Waals surface area contributed by atoms with Gasteiger partial charge in [0.05, 0.1) is 63.3 Å². The number of imidazole rings is 1. The molecule has 0 aliphatic rings. The smallest absolute Gasteiger partial charge is 0.231 e. The summed E-state index contributed by atoms with van der Waals surface area (Å²) in [5.74, 6) is 0.844. The number of methoxy groups -OCH3 is 1. The van der Waals surface area contributed by atoms with Gasteiger partial charge in [-0.2, -0.15) is 0 Å². The first-order valence-corrected chi connectivity index (χ1v) is 16.0. The van der Waals surface area contributed by atoms with E-state index in [-0.39, 0.29) is 28.9 Å². The molecular weight excluding hydrogens is 625 g/mol. The zero-order chi connectivity index (χ0) is 31.3. The molecule has 5 rings (SSSR count). The van der Waals surface area contributed by atoms with Crippen molar-refractivity contribution in [3.63, 3.8) is 0 Å². The number of para-hydroxylation sites is 2. The summed E-state index contributed by atoms with van der Waals surface area (Å²) < 4.78 is 32.1. The molecule has 1 amide bonds. The molecule has 3 N–H and O–H groups in total. The number of ether oxygens (including phenoxy) is 1. The van der Waals surface area contributed by atoms with Gasteiger partial charge in [-0.25, -0.2) is 23.4 Å². The Morgan fingerprint density at radius 2 is 1.82 bits per heavy atom. The lowest BCUT2D eigenvalue weighted by atomic mass is 10.1. The summed E-state index contributed by atoms with van der Waals surface area (Å²) in [6, 6.07) is 19.0. The number of rotatable bonds is 12. The van der Waals surface area contributed by atoms with Gasteiger partial charge in [0.2, 0.25) is 17.8 Å². The van der Waals surface area contributed by atoms with Crippen LogP contribution < -0.4 is 20.7 Å². The van der Waals surface area contributed by atoms with Crippen LogP contribution in [0.2, 0.25) is 10.0 Å². The topological polar surface area (TPSA) is 140 Å². The SMILES string of the molecule is CCS(=O)(=O)c1ccc(OC)c(Nc2nccc(CNCn3c(NC(=O)Cc4ccc(Cl)c(Cl)c4)nc4ccccc43)n2)c1. The lowest BCUT2D eigenvalue weighted by Crippen LogP contribution is -2.23. The van der Waals surface area contributed by atoms with E-state index < -0.39 is 9.84 Å². The molecule has 11 nitrogen and oxygen atoms in total. The number of sulfone groups is 1. The molecule has 2 aromatic heterocycles. The number of carbonyl (C=O) groups excluding carboxylic acids is 1. The predicted molar refractivity (Wildman–Crippen MR) is 171 cm³/mol. The number of benzene rings is 3. The van der Waals surface area contributed by atoms with Gasteiger partial charge >= 0.3 is 0 Å². The van der Waals surface area contributed by atoms with Crippen molar-refractivity contribution in [2.75, 3.05) is 23.5 Å². The van der Waals surface area contributed by atoms with Crippen LogP contribution in [0.15, 0.2) is 77.8 Å². The molecule has 44 heavy (non-hydrogen) atoms. The maximum atomic E-state index is 12.9. The first kappa shape index (κ1) is 31.2. The number of nitrogens with zero attached hydrogens (tertiary/aromatic N) is 4. The van der Waals surface area contributed by atoms with Crippen LogP contribution in [0.1, 0.15) is 18.2 Å². The molecule has 0 atom stereocenters. The minimum atomic E-state index is -3.42. The van der Waals surface area contributed by atoms with E-state index in [4.69, 9.17) is 27.9 Å². The highest BCUT2D eigenvalue weighted by Crippen LogP contribution is 2.30. The predicted octanol–water partition coefficient (Wildman–Crippen LogP) is 5.61. The number of anilines is 3. The van der Waals surface area contributed by atoms with Crippen LogP contribution in [-0.4, -0.2) is 46.7 Å². The standard InChI is InChI=1S/C30H29Cl2N7O4S/c1-3-44(41,42)21-9-11-27(43-2)25(16-21)36-29-34-13-12-20(35-29)17-33-18-39-26-7-5-4-6-24(26)37-30(39)38-28(40)15-19-8-10-22(31)23(32)14-19/h4-14,16,33H,3,15,17-18H2,1-2H3,(H,34,35,36)(H,37,38,40). The highest BCUT2D eigenvalue weighted by Gasteiger charge is 2.16. The number of fused-ring (bicyclic) bond motifs is 1. The summed E-state index contributed by atoms with van der Waals surface area (Å²) in [7, 11) is -1.92. The van der Waals surface area contributed by atoms with Crippen LogP contribution in [0.4, 0.5) is 17.6 Å². The number of hydrogen-bond donors (Lipinski definition) is 3. The Morgan fingerprint density at radius 3 is 2.59 bits per heavy atom. The average molecular weight is 655 g/mol. The Bertz CT molecular complexity index is 1930. The van der Waals surface area contributed by atoms with E-state index >= 15 is 0 Å². The van der Waals surface area contributed by atoms with Crippen molar-refractivity contribution < 1.29 is 17.9 Å². The van der Waals surface area contributed by atoms with Gasteiger partial charge in [-0.3, -0.25) is 20.0 Å². The van der Waals surface area contributed by atoms with Crippen LogP contribution in [-0.2, 0) is 34.3 Å². The molecule has 0 spiro atoms. The van der Waals surface area contributed by atoms with Gasteiger partial charge in [-0.05, 0) is 54.1 Å². The van der Waals surface area contributed by atoms with Gasteiger partial charge in [-0.1, -0.05) is 48.3 Å². The molecule has 0 saturated carbocycles. The highest BCUT2D eigenvalue weighted by atomic mass is 35.5. The summed E-state index contributed by atoms with van der Waals surface area (Å²) in [6.07, 6.45) is 1.70. The van der Waals surface area contributed by atoms with Crippen LogP contribution in [0.25, 0.3) is 11.0 Å². The number of halogens is 2. The average Bonchev–Trinajstić information content (AvgIpc) is 3.35. The van der Waals surface area contributed by atoms with E-state index in [1.54, 1.807) is 43.5 Å². The fourth-order valence-electron chi connectivity index (χ4n) is 4.45. The molecule has 0 saturated heterocycles. The summed E-state index contributed by atoms with van der Waals surface area (Å²) in [6.45, 7) is 2.27. The molecular formula is C30H29Cl2N7O4S. The van der Waals surface area contributed by atoms with Gasteiger partial charge in [0.1, 0.15) is 5.75 Å². The van der Waals surface area contributed by atoms with Gasteiger partial charge in [0.25, 0.3) is 0 Å². The molecule has 5 aromatic rings. The third-order valence-corrected chi connectivity index (χ3v) is 9.17. The van der Waals surface area contributed by atoms with Gasteiger partial charge in [-0.15, -0.1) is 0 Å². The fraction of sp³-hybridized carbons (Fsp3) is 0.200. The quantitative estimate of drug-likeness (QED) is 0.157. The number of nitrogens with one attached hydrogen (secondary N) is 3. The van der Waals surface area contributed by atoms with Crippen molar-refractivity contribution in [1.82, 2.24) is 24.8 Å². The van der Waals surface area contributed by atoms with E-state index in [9.17, 15) is 13.2 Å². The molecule has 228 valence electrons. The van der Waals surface area contributed by atoms with E-state index in [1.807, 2.05) is 28.8 Å². The van der Waals surface area contributed by atoms with E-state index in [1.165, 1.54) is 19.2 Å². The lowest BCUT2D eigenvalue weighted by Gasteiger charge is -2.13. The monoisotopic (exact) mass is 653 g/mol. The Kier molecular flexibility index (Phi) is 9.64. The molecule has 0 unspecified atom stereocenters. The van der Waals surface area contributed by atoms with Crippen molar-refractivity contribution in [3.8, 4) is 5.75 Å². The maximum absolute atomic E-state index is 12.9. The van der Waals surface area contributed by atoms with Gasteiger partial charge in [0, 0.05) is 12.7 Å². The van der Waals surface area contributed by atoms with Crippen LogP contribution >= 0.6 is 23.2 Å². The van der Waals surface area contributed by atoms with Crippen molar-refractivity contribution in [3.05, 3.63) is 94.2 Å². The van der Waals surface area contributed by atoms with Crippen LogP contribution in [0.5, 0.6) is 5.75 Å². The van der Waals surface area contributed by atoms with Gasteiger partial charge in [0.15, 0.2) is 9.84 Å².